The zero-order valence-corrected chi connectivity index (χ0v) is 11.7. The van der Waals surface area contributed by atoms with Gasteiger partial charge in [-0.3, -0.25) is 4.68 Å². The molecule has 1 aromatic heterocycles. The Morgan fingerprint density at radius 2 is 2.16 bits per heavy atom. The van der Waals surface area contributed by atoms with Crippen LogP contribution in [0.15, 0.2) is 24.3 Å². The second-order valence-electron chi connectivity index (χ2n) is 4.77. The normalized spacial score (nSPS) is 13.0. The molecule has 0 bridgehead atoms. The molecule has 0 spiro atoms. The maximum Gasteiger partial charge on any atom is 0.0729 e. The molecule has 4 nitrogen and oxygen atoms in total. The van der Waals surface area contributed by atoms with Crippen LogP contribution in [-0.4, -0.2) is 34.7 Å². The van der Waals surface area contributed by atoms with E-state index in [9.17, 15) is 5.11 Å². The van der Waals surface area contributed by atoms with Gasteiger partial charge in [0.05, 0.1) is 17.3 Å². The zero-order valence-electron chi connectivity index (χ0n) is 11.7. The topological polar surface area (TPSA) is 47.3 Å². The van der Waals surface area contributed by atoms with Crippen LogP contribution < -0.4 is 0 Å². The molecular weight excluding hydrogens is 240 g/mol. The van der Waals surface area contributed by atoms with Crippen molar-refractivity contribution in [2.45, 2.75) is 38.8 Å². The van der Waals surface area contributed by atoms with E-state index in [2.05, 4.69) is 24.2 Å². The number of ether oxygens (including phenoxy) is 1. The molecule has 1 aromatic carbocycles. The van der Waals surface area contributed by atoms with E-state index in [0.29, 0.717) is 13.0 Å². The Bertz CT molecular complexity index is 522. The SMILES string of the molecule is CCn1nc(CC(O)CCCOC)c2ccccc21. The van der Waals surface area contributed by atoms with E-state index in [1.807, 2.05) is 16.8 Å². The highest BCUT2D eigenvalue weighted by atomic mass is 16.5. The Morgan fingerprint density at radius 3 is 2.89 bits per heavy atom. The van der Waals surface area contributed by atoms with Crippen LogP contribution in [0.25, 0.3) is 10.9 Å². The highest BCUT2D eigenvalue weighted by molar-refractivity contribution is 5.81. The summed E-state index contributed by atoms with van der Waals surface area (Å²) in [5, 5.41) is 15.8. The third kappa shape index (κ3) is 3.33. The second kappa shape index (κ2) is 6.68. The Hall–Kier alpha value is -1.39. The number of rotatable bonds is 7. The van der Waals surface area contributed by atoms with Gasteiger partial charge in [0, 0.05) is 32.1 Å². The van der Waals surface area contributed by atoms with Crippen molar-refractivity contribution in [2.75, 3.05) is 13.7 Å². The van der Waals surface area contributed by atoms with E-state index in [4.69, 9.17) is 4.74 Å². The average molecular weight is 262 g/mol. The van der Waals surface area contributed by atoms with Crippen LogP contribution in [0.3, 0.4) is 0 Å². The predicted molar refractivity (Wildman–Crippen MR) is 76.2 cm³/mol. The van der Waals surface area contributed by atoms with Crippen molar-refractivity contribution in [3.63, 3.8) is 0 Å². The Balaban J connectivity index is 2.12. The molecule has 1 N–H and O–H groups in total. The molecule has 0 aliphatic heterocycles. The highest BCUT2D eigenvalue weighted by Gasteiger charge is 2.13. The van der Waals surface area contributed by atoms with Gasteiger partial charge in [0.25, 0.3) is 0 Å². The summed E-state index contributed by atoms with van der Waals surface area (Å²) < 4.78 is 7.00. The number of methoxy groups -OCH3 is 1. The van der Waals surface area contributed by atoms with Crippen LogP contribution >= 0.6 is 0 Å². The molecule has 0 fully saturated rings. The van der Waals surface area contributed by atoms with E-state index >= 15 is 0 Å². The standard InChI is InChI=1S/C15H22N2O2/c1-3-17-15-9-5-4-8-13(15)14(16-17)11-12(18)7-6-10-19-2/h4-5,8-9,12,18H,3,6-7,10-11H2,1-2H3. The van der Waals surface area contributed by atoms with Gasteiger partial charge in [-0.25, -0.2) is 0 Å². The van der Waals surface area contributed by atoms with Crippen molar-refractivity contribution in [2.24, 2.45) is 0 Å². The van der Waals surface area contributed by atoms with Crippen LogP contribution in [-0.2, 0) is 17.7 Å². The van der Waals surface area contributed by atoms with Crippen molar-refractivity contribution >= 4 is 10.9 Å². The molecule has 4 heteroatoms. The second-order valence-corrected chi connectivity index (χ2v) is 4.77. The van der Waals surface area contributed by atoms with Crippen LogP contribution in [0.5, 0.6) is 0 Å². The number of aliphatic hydroxyl groups is 1. The molecule has 0 aliphatic carbocycles. The van der Waals surface area contributed by atoms with Gasteiger partial charge in [0.1, 0.15) is 0 Å². The Morgan fingerprint density at radius 1 is 1.37 bits per heavy atom. The highest BCUT2D eigenvalue weighted by Crippen LogP contribution is 2.20. The van der Waals surface area contributed by atoms with Crippen LogP contribution in [0.1, 0.15) is 25.5 Å². The number of aryl methyl sites for hydroxylation is 1. The molecule has 0 saturated carbocycles. The number of nitrogens with zero attached hydrogens (tertiary/aromatic N) is 2. The summed E-state index contributed by atoms with van der Waals surface area (Å²) >= 11 is 0. The summed E-state index contributed by atoms with van der Waals surface area (Å²) in [6.07, 6.45) is 1.89. The summed E-state index contributed by atoms with van der Waals surface area (Å²) in [6, 6.07) is 8.19. The fraction of sp³-hybridized carbons (Fsp3) is 0.533. The maximum atomic E-state index is 10.1. The van der Waals surface area contributed by atoms with Crippen molar-refractivity contribution in [3.8, 4) is 0 Å². The van der Waals surface area contributed by atoms with Crippen molar-refractivity contribution in [1.29, 1.82) is 0 Å². The molecule has 1 unspecified atom stereocenters. The minimum absolute atomic E-state index is 0.348. The van der Waals surface area contributed by atoms with E-state index < -0.39 is 0 Å². The number of hydrogen-bond acceptors (Lipinski definition) is 3. The lowest BCUT2D eigenvalue weighted by atomic mass is 10.1. The smallest absolute Gasteiger partial charge is 0.0729 e. The van der Waals surface area contributed by atoms with Gasteiger partial charge in [-0.1, -0.05) is 18.2 Å². The molecule has 2 aromatic rings. The van der Waals surface area contributed by atoms with E-state index in [-0.39, 0.29) is 6.10 Å². The third-order valence-electron chi connectivity index (χ3n) is 3.35. The fourth-order valence-electron chi connectivity index (χ4n) is 2.38. The van der Waals surface area contributed by atoms with Crippen LogP contribution in [0.2, 0.25) is 0 Å². The first-order valence-electron chi connectivity index (χ1n) is 6.87. The molecule has 0 aliphatic rings. The number of fused-ring (bicyclic) bond motifs is 1. The maximum absolute atomic E-state index is 10.1. The summed E-state index contributed by atoms with van der Waals surface area (Å²) in [5.41, 5.74) is 2.13. The lowest BCUT2D eigenvalue weighted by molar-refractivity contribution is 0.134. The lowest BCUT2D eigenvalue weighted by Gasteiger charge is -2.08. The zero-order chi connectivity index (χ0) is 13.7. The number of aliphatic hydroxyl groups excluding tert-OH is 1. The minimum Gasteiger partial charge on any atom is -0.393 e. The molecule has 2 rings (SSSR count). The van der Waals surface area contributed by atoms with Crippen LogP contribution in [0, 0.1) is 0 Å². The first kappa shape index (κ1) is 14.0. The molecule has 0 amide bonds. The Labute approximate surface area is 114 Å². The number of aromatic nitrogens is 2. The first-order valence-corrected chi connectivity index (χ1v) is 6.87. The molecule has 0 saturated heterocycles. The van der Waals surface area contributed by atoms with E-state index in [1.54, 1.807) is 7.11 Å². The summed E-state index contributed by atoms with van der Waals surface area (Å²) in [7, 11) is 1.68. The predicted octanol–water partition coefficient (Wildman–Crippen LogP) is 2.39. The quantitative estimate of drug-likeness (QED) is 0.779. The van der Waals surface area contributed by atoms with Gasteiger partial charge < -0.3 is 9.84 Å². The third-order valence-corrected chi connectivity index (χ3v) is 3.35. The van der Waals surface area contributed by atoms with Gasteiger partial charge in [-0.2, -0.15) is 5.10 Å². The van der Waals surface area contributed by atoms with Gasteiger partial charge in [-0.05, 0) is 25.8 Å². The van der Waals surface area contributed by atoms with E-state index in [1.165, 1.54) is 0 Å². The van der Waals surface area contributed by atoms with Crippen molar-refractivity contribution in [3.05, 3.63) is 30.0 Å². The number of benzene rings is 1. The average Bonchev–Trinajstić information content (AvgIpc) is 2.77. The molecule has 0 radical (unpaired) electrons. The summed E-state index contributed by atoms with van der Waals surface area (Å²) in [5.74, 6) is 0. The first-order chi connectivity index (χ1) is 9.26. The monoisotopic (exact) mass is 262 g/mol. The molecular formula is C15H22N2O2. The largest absolute Gasteiger partial charge is 0.393 e. The van der Waals surface area contributed by atoms with E-state index in [0.717, 1.165) is 36.0 Å². The summed E-state index contributed by atoms with van der Waals surface area (Å²) in [6.45, 7) is 3.62. The number of para-hydroxylation sites is 1. The molecule has 104 valence electrons. The minimum atomic E-state index is -0.348. The fourth-order valence-corrected chi connectivity index (χ4v) is 2.38. The van der Waals surface area contributed by atoms with Gasteiger partial charge in [0.2, 0.25) is 0 Å². The van der Waals surface area contributed by atoms with Crippen molar-refractivity contribution in [1.82, 2.24) is 9.78 Å². The van der Waals surface area contributed by atoms with Crippen molar-refractivity contribution < 1.29 is 9.84 Å². The molecule has 1 atom stereocenters. The Kier molecular flexibility index (Phi) is 4.93. The van der Waals surface area contributed by atoms with Gasteiger partial charge >= 0.3 is 0 Å². The van der Waals surface area contributed by atoms with Gasteiger partial charge in [0.15, 0.2) is 0 Å². The summed E-state index contributed by atoms with van der Waals surface area (Å²) in [4.78, 5) is 0. The van der Waals surface area contributed by atoms with Crippen LogP contribution in [0.4, 0.5) is 0 Å². The molecule has 19 heavy (non-hydrogen) atoms. The lowest BCUT2D eigenvalue weighted by Crippen LogP contribution is -2.12. The number of hydrogen-bond donors (Lipinski definition) is 1. The molecule has 1 heterocycles. The van der Waals surface area contributed by atoms with Gasteiger partial charge in [-0.15, -0.1) is 0 Å².